The Kier molecular flexibility index (Phi) is 4.35. The minimum absolute atomic E-state index is 0.0394. The molecule has 0 aliphatic rings. The van der Waals surface area contributed by atoms with Gasteiger partial charge < -0.3 is 0 Å². The van der Waals surface area contributed by atoms with Crippen molar-refractivity contribution in [1.29, 1.82) is 0 Å². The van der Waals surface area contributed by atoms with Gasteiger partial charge in [-0.05, 0) is 18.4 Å². The van der Waals surface area contributed by atoms with Crippen molar-refractivity contribution >= 4 is 33.2 Å². The van der Waals surface area contributed by atoms with Gasteiger partial charge >= 0.3 is 0 Å². The SMILES string of the molecule is O=[N+]([O-])c1ccc(CCCBr)c(Cl)c1. The summed E-state index contributed by atoms with van der Waals surface area (Å²) in [5.74, 6) is 0. The van der Waals surface area contributed by atoms with E-state index in [4.69, 9.17) is 11.6 Å². The number of rotatable bonds is 4. The van der Waals surface area contributed by atoms with Crippen LogP contribution < -0.4 is 0 Å². The maximum Gasteiger partial charge on any atom is 0.270 e. The van der Waals surface area contributed by atoms with E-state index < -0.39 is 4.92 Å². The molecule has 0 aromatic heterocycles. The second-order valence-corrected chi connectivity index (χ2v) is 4.03. The summed E-state index contributed by atoms with van der Waals surface area (Å²) in [7, 11) is 0. The molecule has 0 aliphatic heterocycles. The summed E-state index contributed by atoms with van der Waals surface area (Å²) in [6, 6.07) is 4.59. The molecule has 76 valence electrons. The summed E-state index contributed by atoms with van der Waals surface area (Å²) < 4.78 is 0. The molecule has 1 aromatic carbocycles. The lowest BCUT2D eigenvalue weighted by atomic mass is 10.1. The number of aryl methyl sites for hydroxylation is 1. The molecular weight excluding hydrogens is 269 g/mol. The molecule has 1 aromatic rings. The number of nitro groups is 1. The molecule has 3 nitrogen and oxygen atoms in total. The van der Waals surface area contributed by atoms with Crippen LogP contribution in [-0.4, -0.2) is 10.3 Å². The number of hydrogen-bond acceptors (Lipinski definition) is 2. The maximum absolute atomic E-state index is 10.4. The summed E-state index contributed by atoms with van der Waals surface area (Å²) in [4.78, 5) is 9.97. The van der Waals surface area contributed by atoms with Crippen molar-refractivity contribution in [3.63, 3.8) is 0 Å². The van der Waals surface area contributed by atoms with Crippen LogP contribution in [0.4, 0.5) is 5.69 Å². The van der Waals surface area contributed by atoms with Crippen LogP contribution in [0, 0.1) is 10.1 Å². The van der Waals surface area contributed by atoms with Gasteiger partial charge in [0, 0.05) is 17.5 Å². The van der Waals surface area contributed by atoms with Gasteiger partial charge in [0.15, 0.2) is 0 Å². The van der Waals surface area contributed by atoms with Gasteiger partial charge in [-0.1, -0.05) is 33.6 Å². The second kappa shape index (κ2) is 5.32. The summed E-state index contributed by atoms with van der Waals surface area (Å²) in [5, 5.41) is 11.8. The maximum atomic E-state index is 10.4. The van der Waals surface area contributed by atoms with Crippen molar-refractivity contribution in [2.45, 2.75) is 12.8 Å². The number of non-ortho nitro benzene ring substituents is 1. The first-order valence-corrected chi connectivity index (χ1v) is 5.64. The number of hydrogen-bond donors (Lipinski definition) is 0. The van der Waals surface area contributed by atoms with Crippen LogP contribution >= 0.6 is 27.5 Å². The summed E-state index contributed by atoms with van der Waals surface area (Å²) in [5.41, 5.74) is 0.995. The van der Waals surface area contributed by atoms with Crippen molar-refractivity contribution in [2.24, 2.45) is 0 Å². The van der Waals surface area contributed by atoms with E-state index in [9.17, 15) is 10.1 Å². The zero-order valence-corrected chi connectivity index (χ0v) is 9.71. The Morgan fingerprint density at radius 2 is 2.21 bits per heavy atom. The Morgan fingerprint density at radius 1 is 1.50 bits per heavy atom. The molecule has 0 spiro atoms. The van der Waals surface area contributed by atoms with Crippen LogP contribution in [0.2, 0.25) is 5.02 Å². The third-order valence-electron chi connectivity index (χ3n) is 1.83. The predicted octanol–water partition coefficient (Wildman–Crippen LogP) is 3.58. The van der Waals surface area contributed by atoms with Gasteiger partial charge in [0.1, 0.15) is 0 Å². The molecule has 1 rings (SSSR count). The minimum atomic E-state index is -0.444. The summed E-state index contributed by atoms with van der Waals surface area (Å²) >= 11 is 9.21. The molecule has 0 N–H and O–H groups in total. The molecule has 0 saturated carbocycles. The van der Waals surface area contributed by atoms with Crippen LogP contribution in [0.15, 0.2) is 18.2 Å². The average Bonchev–Trinajstić information content (AvgIpc) is 2.15. The van der Waals surface area contributed by atoms with Gasteiger partial charge in [-0.15, -0.1) is 0 Å². The molecule has 0 unspecified atom stereocenters. The Hall–Kier alpha value is -0.610. The third-order valence-corrected chi connectivity index (χ3v) is 2.74. The zero-order valence-electron chi connectivity index (χ0n) is 7.37. The average molecular weight is 279 g/mol. The van der Waals surface area contributed by atoms with Gasteiger partial charge in [-0.2, -0.15) is 0 Å². The van der Waals surface area contributed by atoms with Gasteiger partial charge in [0.25, 0.3) is 5.69 Å². The number of halogens is 2. The van der Waals surface area contributed by atoms with Crippen molar-refractivity contribution in [3.05, 3.63) is 38.9 Å². The van der Waals surface area contributed by atoms with Crippen LogP contribution in [0.3, 0.4) is 0 Å². The van der Waals surface area contributed by atoms with E-state index in [0.717, 1.165) is 23.7 Å². The Balaban J connectivity index is 2.84. The predicted molar refractivity (Wildman–Crippen MR) is 60.2 cm³/mol. The Bertz CT molecular complexity index is 344. The Morgan fingerprint density at radius 3 is 2.71 bits per heavy atom. The fourth-order valence-electron chi connectivity index (χ4n) is 1.11. The molecule has 0 amide bonds. The summed E-state index contributed by atoms with van der Waals surface area (Å²) in [6.07, 6.45) is 1.81. The van der Waals surface area contributed by atoms with Crippen LogP contribution in [0.25, 0.3) is 0 Å². The third kappa shape index (κ3) is 2.96. The highest BCUT2D eigenvalue weighted by molar-refractivity contribution is 9.09. The number of nitrogens with zero attached hydrogens (tertiary/aromatic N) is 1. The van der Waals surface area contributed by atoms with Gasteiger partial charge in [0.05, 0.1) is 9.95 Å². The molecule has 0 fully saturated rings. The van der Waals surface area contributed by atoms with Crippen LogP contribution in [0.1, 0.15) is 12.0 Å². The first-order chi connectivity index (χ1) is 6.65. The molecule has 0 heterocycles. The highest BCUT2D eigenvalue weighted by Crippen LogP contribution is 2.23. The van der Waals surface area contributed by atoms with E-state index in [2.05, 4.69) is 15.9 Å². The normalized spacial score (nSPS) is 10.1. The van der Waals surface area contributed by atoms with E-state index in [0.29, 0.717) is 5.02 Å². The largest absolute Gasteiger partial charge is 0.270 e. The molecule has 0 bridgehead atoms. The lowest BCUT2D eigenvalue weighted by Crippen LogP contribution is -1.91. The summed E-state index contributed by atoms with van der Waals surface area (Å²) in [6.45, 7) is 0. The molecule has 0 atom stereocenters. The minimum Gasteiger partial charge on any atom is -0.258 e. The van der Waals surface area contributed by atoms with Gasteiger partial charge in [-0.3, -0.25) is 10.1 Å². The molecule has 0 aliphatic carbocycles. The molecular formula is C9H9BrClNO2. The fraction of sp³-hybridized carbons (Fsp3) is 0.333. The standard InChI is InChI=1S/C9H9BrClNO2/c10-5-1-2-7-3-4-8(12(13)14)6-9(7)11/h3-4,6H,1-2,5H2. The molecule has 0 radical (unpaired) electrons. The zero-order chi connectivity index (χ0) is 10.6. The van der Waals surface area contributed by atoms with E-state index in [-0.39, 0.29) is 5.69 Å². The topological polar surface area (TPSA) is 43.1 Å². The monoisotopic (exact) mass is 277 g/mol. The van der Waals surface area contributed by atoms with Crippen molar-refractivity contribution < 1.29 is 4.92 Å². The number of nitro benzene ring substituents is 1. The van der Waals surface area contributed by atoms with Crippen LogP contribution in [0.5, 0.6) is 0 Å². The first kappa shape index (κ1) is 11.5. The molecule has 14 heavy (non-hydrogen) atoms. The second-order valence-electron chi connectivity index (χ2n) is 2.83. The van der Waals surface area contributed by atoms with E-state index >= 15 is 0 Å². The quantitative estimate of drug-likeness (QED) is 0.480. The smallest absolute Gasteiger partial charge is 0.258 e. The lowest BCUT2D eigenvalue weighted by Gasteiger charge is -2.01. The molecule has 0 saturated heterocycles. The van der Waals surface area contributed by atoms with Crippen molar-refractivity contribution in [3.8, 4) is 0 Å². The number of alkyl halides is 1. The Labute approximate surface area is 95.4 Å². The fourth-order valence-corrected chi connectivity index (χ4v) is 1.66. The first-order valence-electron chi connectivity index (χ1n) is 4.14. The highest BCUT2D eigenvalue weighted by Gasteiger charge is 2.08. The highest BCUT2D eigenvalue weighted by atomic mass is 79.9. The lowest BCUT2D eigenvalue weighted by molar-refractivity contribution is -0.384. The van der Waals surface area contributed by atoms with Gasteiger partial charge in [-0.25, -0.2) is 0 Å². The van der Waals surface area contributed by atoms with E-state index in [1.807, 2.05) is 0 Å². The molecule has 5 heteroatoms. The van der Waals surface area contributed by atoms with Crippen LogP contribution in [-0.2, 0) is 6.42 Å². The number of benzene rings is 1. The van der Waals surface area contributed by atoms with Gasteiger partial charge in [0.2, 0.25) is 0 Å². The van der Waals surface area contributed by atoms with Crippen molar-refractivity contribution in [2.75, 3.05) is 5.33 Å². The van der Waals surface area contributed by atoms with E-state index in [1.54, 1.807) is 6.07 Å². The van der Waals surface area contributed by atoms with E-state index in [1.165, 1.54) is 12.1 Å². The van der Waals surface area contributed by atoms with Crippen molar-refractivity contribution in [1.82, 2.24) is 0 Å².